The molecule has 1 aliphatic heterocycles. The Bertz CT molecular complexity index is 403. The van der Waals surface area contributed by atoms with Crippen molar-refractivity contribution in [2.45, 2.75) is 19.9 Å². The molecule has 2 atom stereocenters. The first-order chi connectivity index (χ1) is 9.06. The number of anilines is 1. The molecule has 3 heteroatoms. The predicted molar refractivity (Wildman–Crippen MR) is 82.9 cm³/mol. The maximum atomic E-state index is 3.60. The van der Waals surface area contributed by atoms with E-state index in [4.69, 9.17) is 0 Å². The number of hydrogen-bond donors (Lipinski definition) is 1. The third kappa shape index (κ3) is 3.95. The molecule has 1 fully saturated rings. The van der Waals surface area contributed by atoms with Crippen molar-refractivity contribution < 1.29 is 0 Å². The monoisotopic (exact) mass is 261 g/mol. The zero-order valence-electron chi connectivity index (χ0n) is 12.7. The van der Waals surface area contributed by atoms with E-state index in [1.807, 2.05) is 0 Å². The van der Waals surface area contributed by atoms with Gasteiger partial charge < -0.3 is 15.1 Å². The first-order valence-electron chi connectivity index (χ1n) is 7.25. The Morgan fingerprint density at radius 1 is 1.32 bits per heavy atom. The first kappa shape index (κ1) is 14.4. The van der Waals surface area contributed by atoms with Crippen molar-refractivity contribution in [3.63, 3.8) is 0 Å². The fraction of sp³-hybridized carbons (Fsp3) is 0.625. The van der Waals surface area contributed by atoms with Gasteiger partial charge >= 0.3 is 0 Å². The molecule has 1 heterocycles. The molecule has 0 amide bonds. The van der Waals surface area contributed by atoms with E-state index in [-0.39, 0.29) is 0 Å². The minimum absolute atomic E-state index is 0.543. The summed E-state index contributed by atoms with van der Waals surface area (Å²) in [5.41, 5.74) is 2.70. The molecule has 2 unspecified atom stereocenters. The van der Waals surface area contributed by atoms with Crippen molar-refractivity contribution >= 4 is 5.69 Å². The third-order valence-corrected chi connectivity index (χ3v) is 3.73. The van der Waals surface area contributed by atoms with Crippen LogP contribution in [0.3, 0.4) is 0 Å². The zero-order valence-corrected chi connectivity index (χ0v) is 12.7. The molecule has 0 aromatic heterocycles. The van der Waals surface area contributed by atoms with Gasteiger partial charge in [-0.1, -0.05) is 19.1 Å². The normalized spacial score (nSPS) is 24.6. The Morgan fingerprint density at radius 3 is 2.79 bits per heavy atom. The topological polar surface area (TPSA) is 18.5 Å². The van der Waals surface area contributed by atoms with Crippen molar-refractivity contribution in [3.05, 3.63) is 29.8 Å². The number of rotatable bonds is 3. The minimum Gasteiger partial charge on any atom is -0.366 e. The molecule has 1 saturated heterocycles. The van der Waals surface area contributed by atoms with Gasteiger partial charge in [0.15, 0.2) is 0 Å². The molecule has 2 rings (SSSR count). The number of hydrogen-bond acceptors (Lipinski definition) is 3. The van der Waals surface area contributed by atoms with E-state index in [9.17, 15) is 0 Å². The molecule has 106 valence electrons. The van der Waals surface area contributed by atoms with Crippen LogP contribution < -0.4 is 10.2 Å². The number of nitrogens with zero attached hydrogens (tertiary/aromatic N) is 2. The molecule has 1 aliphatic rings. The molecule has 0 bridgehead atoms. The summed E-state index contributed by atoms with van der Waals surface area (Å²) < 4.78 is 0. The van der Waals surface area contributed by atoms with Crippen LogP contribution in [-0.2, 0) is 0 Å². The van der Waals surface area contributed by atoms with Crippen molar-refractivity contribution in [2.75, 3.05) is 45.2 Å². The Kier molecular flexibility index (Phi) is 4.83. The first-order valence-corrected chi connectivity index (χ1v) is 7.25. The zero-order chi connectivity index (χ0) is 13.8. The van der Waals surface area contributed by atoms with E-state index >= 15 is 0 Å². The van der Waals surface area contributed by atoms with Crippen LogP contribution in [0.4, 0.5) is 5.69 Å². The van der Waals surface area contributed by atoms with E-state index in [0.717, 1.165) is 26.2 Å². The number of nitrogens with one attached hydrogen (secondary N) is 1. The van der Waals surface area contributed by atoms with Gasteiger partial charge in [0.05, 0.1) is 6.04 Å². The van der Waals surface area contributed by atoms with Gasteiger partial charge in [-0.25, -0.2) is 0 Å². The standard InChI is InChI=1S/C16H27N3/c1-13-6-5-7-15(8-13)19-11-14(2)9-17-10-16(19)12-18(3)4/h5-8,14,16-17H,9-12H2,1-4H3. The quantitative estimate of drug-likeness (QED) is 0.897. The second-order valence-corrected chi connectivity index (χ2v) is 6.17. The summed E-state index contributed by atoms with van der Waals surface area (Å²) in [6, 6.07) is 9.43. The fourth-order valence-electron chi connectivity index (χ4n) is 2.86. The van der Waals surface area contributed by atoms with Gasteiger partial charge in [-0.15, -0.1) is 0 Å². The smallest absolute Gasteiger partial charge is 0.0541 e. The van der Waals surface area contributed by atoms with Crippen molar-refractivity contribution in [2.24, 2.45) is 5.92 Å². The molecule has 3 nitrogen and oxygen atoms in total. The molecule has 0 radical (unpaired) electrons. The molecular formula is C16H27N3. The van der Waals surface area contributed by atoms with Gasteiger partial charge in [-0.05, 0) is 51.2 Å². The Morgan fingerprint density at radius 2 is 2.11 bits per heavy atom. The van der Waals surface area contributed by atoms with E-state index in [0.29, 0.717) is 12.0 Å². The maximum Gasteiger partial charge on any atom is 0.0541 e. The lowest BCUT2D eigenvalue weighted by molar-refractivity contribution is 0.360. The molecular weight excluding hydrogens is 234 g/mol. The Labute approximate surface area is 117 Å². The summed E-state index contributed by atoms with van der Waals surface area (Å²) in [5, 5.41) is 3.60. The lowest BCUT2D eigenvalue weighted by atomic mass is 10.1. The van der Waals surface area contributed by atoms with Crippen molar-refractivity contribution in [1.82, 2.24) is 10.2 Å². The number of aryl methyl sites for hydroxylation is 1. The SMILES string of the molecule is Cc1cccc(N2CC(C)CNCC2CN(C)C)c1. The number of likely N-dealkylation sites (N-methyl/N-ethyl adjacent to an activating group) is 1. The largest absolute Gasteiger partial charge is 0.366 e. The van der Waals surface area contributed by atoms with Gasteiger partial charge in [0.2, 0.25) is 0 Å². The van der Waals surface area contributed by atoms with Crippen LogP contribution >= 0.6 is 0 Å². The van der Waals surface area contributed by atoms with Crippen LogP contribution in [-0.4, -0.2) is 51.2 Å². The molecule has 0 saturated carbocycles. The highest BCUT2D eigenvalue weighted by Gasteiger charge is 2.24. The van der Waals surface area contributed by atoms with Gasteiger partial charge in [-0.2, -0.15) is 0 Å². The van der Waals surface area contributed by atoms with E-state index < -0.39 is 0 Å². The molecule has 1 aromatic carbocycles. The molecule has 0 aliphatic carbocycles. The van der Waals surface area contributed by atoms with Crippen LogP contribution in [0, 0.1) is 12.8 Å². The summed E-state index contributed by atoms with van der Waals surface area (Å²) >= 11 is 0. The summed E-state index contributed by atoms with van der Waals surface area (Å²) in [6.45, 7) is 8.91. The third-order valence-electron chi connectivity index (χ3n) is 3.73. The maximum absolute atomic E-state index is 3.60. The molecule has 19 heavy (non-hydrogen) atoms. The minimum atomic E-state index is 0.543. The summed E-state index contributed by atoms with van der Waals surface area (Å²) in [7, 11) is 4.31. The van der Waals surface area contributed by atoms with Gasteiger partial charge in [0.25, 0.3) is 0 Å². The summed E-state index contributed by atoms with van der Waals surface area (Å²) in [5.74, 6) is 0.688. The summed E-state index contributed by atoms with van der Waals surface area (Å²) in [6.07, 6.45) is 0. The molecule has 0 spiro atoms. The van der Waals surface area contributed by atoms with Crippen molar-refractivity contribution in [3.8, 4) is 0 Å². The highest BCUT2D eigenvalue weighted by Crippen LogP contribution is 2.21. The highest BCUT2D eigenvalue weighted by atomic mass is 15.2. The van der Waals surface area contributed by atoms with Crippen LogP contribution in [0.2, 0.25) is 0 Å². The highest BCUT2D eigenvalue weighted by molar-refractivity contribution is 5.50. The van der Waals surface area contributed by atoms with Crippen LogP contribution in [0.5, 0.6) is 0 Å². The van der Waals surface area contributed by atoms with Gasteiger partial charge in [0, 0.05) is 25.3 Å². The Hall–Kier alpha value is -1.06. The summed E-state index contributed by atoms with van der Waals surface area (Å²) in [4.78, 5) is 4.86. The van der Waals surface area contributed by atoms with Crippen molar-refractivity contribution in [1.29, 1.82) is 0 Å². The number of benzene rings is 1. The van der Waals surface area contributed by atoms with Crippen LogP contribution in [0.25, 0.3) is 0 Å². The van der Waals surface area contributed by atoms with E-state index in [2.05, 4.69) is 67.3 Å². The second kappa shape index (κ2) is 6.40. The average molecular weight is 261 g/mol. The van der Waals surface area contributed by atoms with E-state index in [1.165, 1.54) is 11.3 Å². The second-order valence-electron chi connectivity index (χ2n) is 6.17. The lowest BCUT2D eigenvalue weighted by Crippen LogP contribution is -2.46. The van der Waals surface area contributed by atoms with Crippen LogP contribution in [0.15, 0.2) is 24.3 Å². The Balaban J connectivity index is 2.23. The van der Waals surface area contributed by atoms with Crippen LogP contribution in [0.1, 0.15) is 12.5 Å². The van der Waals surface area contributed by atoms with E-state index in [1.54, 1.807) is 0 Å². The molecule has 1 N–H and O–H groups in total. The fourth-order valence-corrected chi connectivity index (χ4v) is 2.86. The molecule has 1 aromatic rings. The lowest BCUT2D eigenvalue weighted by Gasteiger charge is -2.34. The predicted octanol–water partition coefficient (Wildman–Crippen LogP) is 1.97. The average Bonchev–Trinajstić information content (AvgIpc) is 2.51. The van der Waals surface area contributed by atoms with Gasteiger partial charge in [0.1, 0.15) is 0 Å². The van der Waals surface area contributed by atoms with Gasteiger partial charge in [-0.3, -0.25) is 0 Å².